The lowest BCUT2D eigenvalue weighted by molar-refractivity contribution is -0.127. The van der Waals surface area contributed by atoms with Crippen molar-refractivity contribution in [3.63, 3.8) is 0 Å². The second kappa shape index (κ2) is 8.61. The molecule has 0 unspecified atom stereocenters. The maximum atomic E-state index is 12.7. The van der Waals surface area contributed by atoms with Gasteiger partial charge in [-0.25, -0.2) is 9.50 Å². The Morgan fingerprint density at radius 3 is 2.87 bits per heavy atom. The first-order valence-electron chi connectivity index (χ1n) is 10.3. The predicted octanol–water partition coefficient (Wildman–Crippen LogP) is 2.07. The molecule has 1 saturated heterocycles. The number of rotatable bonds is 7. The van der Waals surface area contributed by atoms with Crippen molar-refractivity contribution >= 4 is 17.5 Å². The first-order valence-corrected chi connectivity index (χ1v) is 10.3. The largest absolute Gasteiger partial charge is 0.352 e. The van der Waals surface area contributed by atoms with Crippen LogP contribution >= 0.6 is 0 Å². The van der Waals surface area contributed by atoms with Crippen LogP contribution in [0.4, 0.5) is 0 Å². The molecule has 0 aromatic carbocycles. The Labute approximate surface area is 175 Å². The topological polar surface area (TPSA) is 92.5 Å². The van der Waals surface area contributed by atoms with Crippen LogP contribution in [0.1, 0.15) is 52.1 Å². The number of pyridine rings is 1. The van der Waals surface area contributed by atoms with E-state index in [0.717, 1.165) is 41.9 Å². The molecule has 0 spiro atoms. The SMILES string of the molecule is Cc1nc2c(C(=O)NCCCN3CCCC3=O)cnn2c(C)c1Cc1cccnc1. The van der Waals surface area contributed by atoms with Crippen molar-refractivity contribution in [2.45, 2.75) is 39.5 Å². The number of likely N-dealkylation sites (tertiary alicyclic amines) is 1. The minimum absolute atomic E-state index is 0.191. The Hall–Kier alpha value is -3.29. The summed E-state index contributed by atoms with van der Waals surface area (Å²) in [4.78, 5) is 35.1. The molecule has 1 fully saturated rings. The van der Waals surface area contributed by atoms with E-state index in [4.69, 9.17) is 0 Å². The number of nitrogens with one attached hydrogen (secondary N) is 1. The molecule has 0 bridgehead atoms. The van der Waals surface area contributed by atoms with Crippen LogP contribution in [0.5, 0.6) is 0 Å². The molecule has 1 aliphatic rings. The normalized spacial score (nSPS) is 13.9. The van der Waals surface area contributed by atoms with Crippen LogP contribution in [0.2, 0.25) is 0 Å². The predicted molar refractivity (Wildman–Crippen MR) is 112 cm³/mol. The summed E-state index contributed by atoms with van der Waals surface area (Å²) >= 11 is 0. The van der Waals surface area contributed by atoms with E-state index in [1.165, 1.54) is 0 Å². The Balaban J connectivity index is 1.46. The molecular weight excluding hydrogens is 380 g/mol. The van der Waals surface area contributed by atoms with Gasteiger partial charge in [0.15, 0.2) is 5.65 Å². The maximum Gasteiger partial charge on any atom is 0.256 e. The second-order valence-electron chi connectivity index (χ2n) is 7.69. The lowest BCUT2D eigenvalue weighted by atomic mass is 10.0. The molecule has 3 aromatic rings. The van der Waals surface area contributed by atoms with E-state index in [2.05, 4.69) is 20.4 Å². The van der Waals surface area contributed by atoms with Crippen molar-refractivity contribution < 1.29 is 9.59 Å². The van der Waals surface area contributed by atoms with Crippen LogP contribution in [0, 0.1) is 13.8 Å². The summed E-state index contributed by atoms with van der Waals surface area (Å²) in [6, 6.07) is 3.95. The van der Waals surface area contributed by atoms with E-state index >= 15 is 0 Å². The van der Waals surface area contributed by atoms with Crippen LogP contribution in [-0.2, 0) is 11.2 Å². The summed E-state index contributed by atoms with van der Waals surface area (Å²) in [5.74, 6) is 0.0188. The molecule has 3 aromatic heterocycles. The maximum absolute atomic E-state index is 12.7. The van der Waals surface area contributed by atoms with Gasteiger partial charge >= 0.3 is 0 Å². The number of amides is 2. The van der Waals surface area contributed by atoms with Crippen molar-refractivity contribution in [2.75, 3.05) is 19.6 Å². The molecule has 156 valence electrons. The summed E-state index contributed by atoms with van der Waals surface area (Å²) in [5, 5.41) is 7.34. The third-order valence-corrected chi connectivity index (χ3v) is 5.62. The van der Waals surface area contributed by atoms with E-state index in [9.17, 15) is 9.59 Å². The number of carbonyl (C=O) groups excluding carboxylic acids is 2. The van der Waals surface area contributed by atoms with Gasteiger partial charge in [-0.1, -0.05) is 6.07 Å². The summed E-state index contributed by atoms with van der Waals surface area (Å²) in [7, 11) is 0. The summed E-state index contributed by atoms with van der Waals surface area (Å²) < 4.78 is 1.73. The highest BCUT2D eigenvalue weighted by Crippen LogP contribution is 2.20. The van der Waals surface area contributed by atoms with E-state index in [1.54, 1.807) is 16.9 Å². The molecule has 1 N–H and O–H groups in total. The Morgan fingerprint density at radius 1 is 1.27 bits per heavy atom. The molecule has 8 heteroatoms. The third kappa shape index (κ3) is 4.03. The minimum atomic E-state index is -0.191. The van der Waals surface area contributed by atoms with Crippen LogP contribution in [0.15, 0.2) is 30.7 Å². The van der Waals surface area contributed by atoms with Gasteiger partial charge in [-0.15, -0.1) is 0 Å². The number of carbonyl (C=O) groups is 2. The first-order chi connectivity index (χ1) is 14.5. The van der Waals surface area contributed by atoms with Gasteiger partial charge < -0.3 is 10.2 Å². The Morgan fingerprint density at radius 2 is 2.13 bits per heavy atom. The zero-order valence-corrected chi connectivity index (χ0v) is 17.4. The van der Waals surface area contributed by atoms with Crippen LogP contribution in [-0.4, -0.2) is 55.9 Å². The average molecular weight is 406 g/mol. The van der Waals surface area contributed by atoms with Gasteiger partial charge in [0.1, 0.15) is 5.56 Å². The van der Waals surface area contributed by atoms with Crippen LogP contribution < -0.4 is 5.32 Å². The summed E-state index contributed by atoms with van der Waals surface area (Å²) in [5.41, 5.74) is 5.06. The first kappa shape index (κ1) is 20.0. The fraction of sp³-hybridized carbons (Fsp3) is 0.409. The highest BCUT2D eigenvalue weighted by Gasteiger charge is 2.20. The molecule has 30 heavy (non-hydrogen) atoms. The minimum Gasteiger partial charge on any atom is -0.352 e. The zero-order valence-electron chi connectivity index (χ0n) is 17.4. The van der Waals surface area contributed by atoms with Crippen LogP contribution in [0.25, 0.3) is 5.65 Å². The molecule has 0 aliphatic carbocycles. The van der Waals surface area contributed by atoms with Crippen molar-refractivity contribution in [2.24, 2.45) is 0 Å². The van der Waals surface area contributed by atoms with E-state index in [-0.39, 0.29) is 11.8 Å². The van der Waals surface area contributed by atoms with Crippen LogP contribution in [0.3, 0.4) is 0 Å². The van der Waals surface area contributed by atoms with E-state index in [1.807, 2.05) is 37.1 Å². The van der Waals surface area contributed by atoms with Gasteiger partial charge in [-0.2, -0.15) is 5.10 Å². The number of aryl methyl sites for hydroxylation is 2. The third-order valence-electron chi connectivity index (χ3n) is 5.62. The van der Waals surface area contributed by atoms with Gasteiger partial charge in [0.2, 0.25) is 5.91 Å². The second-order valence-corrected chi connectivity index (χ2v) is 7.69. The molecule has 0 radical (unpaired) electrons. The number of hydrogen-bond acceptors (Lipinski definition) is 5. The Kier molecular flexibility index (Phi) is 5.74. The van der Waals surface area contributed by atoms with Gasteiger partial charge in [-0.3, -0.25) is 14.6 Å². The van der Waals surface area contributed by atoms with Crippen molar-refractivity contribution in [3.05, 3.63) is 58.8 Å². The van der Waals surface area contributed by atoms with Crippen molar-refractivity contribution in [3.8, 4) is 0 Å². The monoisotopic (exact) mass is 406 g/mol. The summed E-state index contributed by atoms with van der Waals surface area (Å²) in [6.07, 6.45) is 8.19. The average Bonchev–Trinajstić information content (AvgIpc) is 3.35. The molecule has 1 aliphatic heterocycles. The number of fused-ring (bicyclic) bond motifs is 1. The molecule has 0 atom stereocenters. The highest BCUT2D eigenvalue weighted by molar-refractivity contribution is 5.99. The Bertz CT molecular complexity index is 1080. The quantitative estimate of drug-likeness (QED) is 0.607. The highest BCUT2D eigenvalue weighted by atomic mass is 16.2. The number of aromatic nitrogens is 4. The number of hydrogen-bond donors (Lipinski definition) is 1. The fourth-order valence-corrected chi connectivity index (χ4v) is 3.94. The molecule has 4 heterocycles. The number of nitrogens with zero attached hydrogens (tertiary/aromatic N) is 5. The van der Waals surface area contributed by atoms with Gasteiger partial charge in [0.05, 0.1) is 6.20 Å². The fourth-order valence-electron chi connectivity index (χ4n) is 3.94. The summed E-state index contributed by atoms with van der Waals surface area (Å²) in [6.45, 7) is 5.97. The molecule has 0 saturated carbocycles. The van der Waals surface area contributed by atoms with Gasteiger partial charge in [-0.05, 0) is 43.9 Å². The molecular formula is C22H26N6O2. The molecule has 4 rings (SSSR count). The molecule has 8 nitrogen and oxygen atoms in total. The van der Waals surface area contributed by atoms with Gasteiger partial charge in [0, 0.05) is 56.3 Å². The van der Waals surface area contributed by atoms with Gasteiger partial charge in [0.25, 0.3) is 5.91 Å². The van der Waals surface area contributed by atoms with E-state index in [0.29, 0.717) is 37.1 Å². The lowest BCUT2D eigenvalue weighted by Gasteiger charge is -2.15. The van der Waals surface area contributed by atoms with Crippen molar-refractivity contribution in [1.29, 1.82) is 0 Å². The lowest BCUT2D eigenvalue weighted by Crippen LogP contribution is -2.30. The van der Waals surface area contributed by atoms with Crippen molar-refractivity contribution in [1.82, 2.24) is 29.8 Å². The van der Waals surface area contributed by atoms with E-state index < -0.39 is 0 Å². The smallest absolute Gasteiger partial charge is 0.256 e. The standard InChI is InChI=1S/C22H26N6O2/c1-15-18(12-17-6-3-8-23-13-17)16(2)28-21(26-15)19(14-25-28)22(30)24-9-5-11-27-10-4-7-20(27)29/h3,6,8,13-14H,4-5,7,9-12H2,1-2H3,(H,24,30). The zero-order chi connectivity index (χ0) is 21.1. The molecule has 2 amide bonds.